The van der Waals surface area contributed by atoms with Gasteiger partial charge in [-0.2, -0.15) is 0 Å². The van der Waals surface area contributed by atoms with Gasteiger partial charge in [-0.05, 0) is 98.7 Å². The number of carbonyl (C=O) groups is 1. The minimum absolute atomic E-state index is 0.341. The largest absolute Gasteiger partial charge is 0.490 e. The Hall–Kier alpha value is -2.66. The van der Waals surface area contributed by atoms with E-state index < -0.39 is 5.97 Å². The van der Waals surface area contributed by atoms with Crippen molar-refractivity contribution in [2.45, 2.75) is 76.7 Å². The quantitative estimate of drug-likeness (QED) is 0.348. The summed E-state index contributed by atoms with van der Waals surface area (Å²) in [6, 6.07) is 15.8. The molecule has 35 heavy (non-hydrogen) atoms. The molecule has 2 aliphatic carbocycles. The van der Waals surface area contributed by atoms with Crippen LogP contribution in [0, 0.1) is 11.8 Å². The van der Waals surface area contributed by atoms with Crippen LogP contribution < -0.4 is 4.74 Å². The van der Waals surface area contributed by atoms with Gasteiger partial charge in [-0.15, -0.1) is 11.3 Å². The van der Waals surface area contributed by atoms with Gasteiger partial charge in [0.15, 0.2) is 0 Å². The van der Waals surface area contributed by atoms with Gasteiger partial charge in [-0.1, -0.05) is 31.9 Å². The van der Waals surface area contributed by atoms with Gasteiger partial charge < -0.3 is 9.84 Å². The Kier molecular flexibility index (Phi) is 7.52. The van der Waals surface area contributed by atoms with Crippen molar-refractivity contribution >= 4 is 17.3 Å². The number of thiazole rings is 1. The second-order valence-electron chi connectivity index (χ2n) is 10.5. The standard InChI is InChI=1S/C30H35NO3S/c1-20-6-14-25(15-7-20)34-26-16-12-23(13-17-26)28-19-35-29(31-28)27(22-4-2-3-5-22)18-21-8-10-24(11-9-21)30(32)33/h8-13,16-17,19-20,22,25,27H,2-7,14-15,18H2,1H3,(H,32,33). The van der Waals surface area contributed by atoms with E-state index in [0.29, 0.717) is 23.5 Å². The number of ether oxygens (including phenoxy) is 1. The van der Waals surface area contributed by atoms with Crippen LogP contribution in [0.15, 0.2) is 53.9 Å². The normalized spacial score (nSPS) is 21.6. The molecular formula is C30H35NO3S. The minimum Gasteiger partial charge on any atom is -0.490 e. The average Bonchev–Trinajstić information content (AvgIpc) is 3.58. The Morgan fingerprint density at radius 2 is 1.69 bits per heavy atom. The molecule has 5 rings (SSSR count). The van der Waals surface area contributed by atoms with Gasteiger partial charge in [0.25, 0.3) is 0 Å². The molecule has 0 saturated heterocycles. The zero-order chi connectivity index (χ0) is 24.2. The number of rotatable bonds is 8. The fourth-order valence-electron chi connectivity index (χ4n) is 5.69. The molecule has 0 aliphatic heterocycles. The van der Waals surface area contributed by atoms with Crippen molar-refractivity contribution in [2.24, 2.45) is 11.8 Å². The number of aromatic carboxylic acids is 1. The second kappa shape index (κ2) is 10.9. The van der Waals surface area contributed by atoms with E-state index in [-0.39, 0.29) is 0 Å². The summed E-state index contributed by atoms with van der Waals surface area (Å²) in [5.74, 6) is 1.93. The predicted octanol–water partition coefficient (Wildman–Crippen LogP) is 7.98. The van der Waals surface area contributed by atoms with E-state index in [1.54, 1.807) is 23.5 Å². The van der Waals surface area contributed by atoms with Crippen LogP contribution in [0.5, 0.6) is 5.75 Å². The molecule has 4 nitrogen and oxygen atoms in total. The molecule has 1 N–H and O–H groups in total. The summed E-state index contributed by atoms with van der Waals surface area (Å²) in [4.78, 5) is 16.3. The second-order valence-corrected chi connectivity index (χ2v) is 11.3. The number of carboxylic acids is 1. The Bertz CT molecular complexity index is 1110. The molecule has 1 unspecified atom stereocenters. The van der Waals surface area contributed by atoms with E-state index in [1.165, 1.54) is 49.1 Å². The summed E-state index contributed by atoms with van der Waals surface area (Å²) >= 11 is 1.76. The van der Waals surface area contributed by atoms with Crippen LogP contribution in [0.1, 0.15) is 85.1 Å². The Morgan fingerprint density at radius 3 is 2.34 bits per heavy atom. The Morgan fingerprint density at radius 1 is 1.00 bits per heavy atom. The molecule has 3 aromatic rings. The van der Waals surface area contributed by atoms with Crippen LogP contribution >= 0.6 is 11.3 Å². The van der Waals surface area contributed by atoms with Crippen molar-refractivity contribution in [1.82, 2.24) is 4.98 Å². The van der Waals surface area contributed by atoms with Crippen LogP contribution in [-0.4, -0.2) is 22.2 Å². The van der Waals surface area contributed by atoms with Crippen LogP contribution in [0.2, 0.25) is 0 Å². The topological polar surface area (TPSA) is 59.4 Å². The molecule has 2 saturated carbocycles. The molecule has 2 aromatic carbocycles. The first-order valence-electron chi connectivity index (χ1n) is 13.1. The number of hydrogen-bond donors (Lipinski definition) is 1. The summed E-state index contributed by atoms with van der Waals surface area (Å²) < 4.78 is 6.24. The van der Waals surface area contributed by atoms with Crippen molar-refractivity contribution in [3.05, 3.63) is 70.0 Å². The van der Waals surface area contributed by atoms with Gasteiger partial charge in [0.2, 0.25) is 0 Å². The molecule has 1 aromatic heterocycles. The van der Waals surface area contributed by atoms with Gasteiger partial charge in [0, 0.05) is 16.9 Å². The van der Waals surface area contributed by atoms with E-state index in [9.17, 15) is 9.90 Å². The van der Waals surface area contributed by atoms with E-state index in [4.69, 9.17) is 9.72 Å². The molecule has 0 spiro atoms. The number of carboxylic acid groups (broad SMARTS) is 1. The molecule has 2 fully saturated rings. The minimum atomic E-state index is -0.877. The fourth-order valence-corrected chi connectivity index (χ4v) is 6.71. The first-order chi connectivity index (χ1) is 17.0. The van der Waals surface area contributed by atoms with Crippen LogP contribution in [0.25, 0.3) is 11.3 Å². The lowest BCUT2D eigenvalue weighted by Gasteiger charge is -2.26. The molecular weight excluding hydrogens is 454 g/mol. The summed E-state index contributed by atoms with van der Waals surface area (Å²) in [5.41, 5.74) is 3.69. The summed E-state index contributed by atoms with van der Waals surface area (Å²) in [6.07, 6.45) is 11.2. The third-order valence-corrected chi connectivity index (χ3v) is 8.86. The highest BCUT2D eigenvalue weighted by molar-refractivity contribution is 7.10. The smallest absolute Gasteiger partial charge is 0.335 e. The summed E-state index contributed by atoms with van der Waals surface area (Å²) in [6.45, 7) is 2.33. The van der Waals surface area contributed by atoms with E-state index in [1.807, 2.05) is 12.1 Å². The molecule has 2 aliphatic rings. The molecule has 0 radical (unpaired) electrons. The highest BCUT2D eigenvalue weighted by Crippen LogP contribution is 2.41. The van der Waals surface area contributed by atoms with Gasteiger partial charge in [-0.25, -0.2) is 9.78 Å². The summed E-state index contributed by atoms with van der Waals surface area (Å²) in [7, 11) is 0. The third-order valence-electron chi connectivity index (χ3n) is 7.88. The molecule has 0 amide bonds. The number of benzene rings is 2. The first kappa shape index (κ1) is 24.1. The van der Waals surface area contributed by atoms with Crippen molar-refractivity contribution < 1.29 is 14.6 Å². The van der Waals surface area contributed by atoms with Gasteiger partial charge in [0.1, 0.15) is 5.75 Å². The SMILES string of the molecule is CC1CCC(Oc2ccc(-c3csc(C(Cc4ccc(C(=O)O)cc4)C4CCCC4)n3)cc2)CC1. The Labute approximate surface area is 212 Å². The van der Waals surface area contributed by atoms with Gasteiger partial charge in [-0.3, -0.25) is 0 Å². The highest BCUT2D eigenvalue weighted by Gasteiger charge is 2.29. The van der Waals surface area contributed by atoms with Crippen LogP contribution in [0.3, 0.4) is 0 Å². The van der Waals surface area contributed by atoms with E-state index in [2.05, 4.69) is 36.6 Å². The molecule has 1 heterocycles. The molecule has 184 valence electrons. The lowest BCUT2D eigenvalue weighted by Crippen LogP contribution is -2.22. The third kappa shape index (κ3) is 5.95. The molecule has 0 bridgehead atoms. The Balaban J connectivity index is 1.29. The van der Waals surface area contributed by atoms with Crippen LogP contribution in [0.4, 0.5) is 0 Å². The maximum absolute atomic E-state index is 11.2. The lowest BCUT2D eigenvalue weighted by molar-refractivity contribution is 0.0697. The van der Waals surface area contributed by atoms with Gasteiger partial charge in [0.05, 0.1) is 22.4 Å². The highest BCUT2D eigenvalue weighted by atomic mass is 32.1. The number of aromatic nitrogens is 1. The van der Waals surface area contributed by atoms with E-state index >= 15 is 0 Å². The van der Waals surface area contributed by atoms with Crippen molar-refractivity contribution in [3.63, 3.8) is 0 Å². The summed E-state index contributed by atoms with van der Waals surface area (Å²) in [5, 5.41) is 12.6. The molecule has 5 heteroatoms. The lowest BCUT2D eigenvalue weighted by atomic mass is 9.86. The predicted molar refractivity (Wildman–Crippen MR) is 141 cm³/mol. The molecule has 1 atom stereocenters. The van der Waals surface area contributed by atoms with Gasteiger partial charge >= 0.3 is 5.97 Å². The number of hydrogen-bond acceptors (Lipinski definition) is 4. The maximum atomic E-state index is 11.2. The monoisotopic (exact) mass is 489 g/mol. The number of nitrogens with zero attached hydrogens (tertiary/aromatic N) is 1. The maximum Gasteiger partial charge on any atom is 0.335 e. The fraction of sp³-hybridized carbons (Fsp3) is 0.467. The zero-order valence-corrected chi connectivity index (χ0v) is 21.3. The van der Waals surface area contributed by atoms with Crippen LogP contribution in [-0.2, 0) is 6.42 Å². The van der Waals surface area contributed by atoms with Crippen molar-refractivity contribution in [2.75, 3.05) is 0 Å². The average molecular weight is 490 g/mol. The zero-order valence-electron chi connectivity index (χ0n) is 20.5. The van der Waals surface area contributed by atoms with Crippen molar-refractivity contribution in [1.29, 1.82) is 0 Å². The first-order valence-corrected chi connectivity index (χ1v) is 14.0. The van der Waals surface area contributed by atoms with E-state index in [0.717, 1.165) is 42.2 Å². The van der Waals surface area contributed by atoms with Crippen molar-refractivity contribution in [3.8, 4) is 17.0 Å².